The Kier molecular flexibility index (Phi) is 11.1. The summed E-state index contributed by atoms with van der Waals surface area (Å²) in [6.07, 6.45) is 0.0855. The van der Waals surface area contributed by atoms with Crippen molar-refractivity contribution in [3.63, 3.8) is 0 Å². The smallest absolute Gasteiger partial charge is 0.345 e. The van der Waals surface area contributed by atoms with Crippen LogP contribution in [0.3, 0.4) is 0 Å². The fourth-order valence-corrected chi connectivity index (χ4v) is 6.53. The van der Waals surface area contributed by atoms with E-state index in [1.165, 1.54) is 42.5 Å². The van der Waals surface area contributed by atoms with E-state index < -0.39 is 23.6 Å². The molecule has 1 fully saturated rings. The maximum absolute atomic E-state index is 12.9. The summed E-state index contributed by atoms with van der Waals surface area (Å²) < 4.78 is 5.60. The van der Waals surface area contributed by atoms with Gasteiger partial charge in [-0.2, -0.15) is 0 Å². The number of aromatic hydroxyl groups is 1. The summed E-state index contributed by atoms with van der Waals surface area (Å²) in [5, 5.41) is 51.7. The molecule has 8 N–H and O–H groups in total. The number of phenolic OH excluding ortho intramolecular Hbond substituents is 1. The number of rotatable bonds is 14. The van der Waals surface area contributed by atoms with Crippen molar-refractivity contribution in [1.82, 2.24) is 20.9 Å². The number of benzene rings is 4. The molecule has 0 aliphatic heterocycles. The van der Waals surface area contributed by atoms with Gasteiger partial charge in [0.1, 0.15) is 11.5 Å². The fourth-order valence-electron chi connectivity index (χ4n) is 6.28. The molecule has 2 atom stereocenters. The van der Waals surface area contributed by atoms with Crippen LogP contribution in [0.15, 0.2) is 102 Å². The number of phenols is 1. The van der Waals surface area contributed by atoms with E-state index in [2.05, 4.69) is 20.9 Å². The third kappa shape index (κ3) is 8.34. The average Bonchev–Trinajstić information content (AvgIpc) is 3.14. The van der Waals surface area contributed by atoms with Crippen LogP contribution in [0.25, 0.3) is 10.9 Å². The number of amides is 2. The van der Waals surface area contributed by atoms with Gasteiger partial charge in [0.2, 0.25) is 11.2 Å². The first kappa shape index (κ1) is 37.0. The number of carboxylic acid groups (broad SMARTS) is 1. The van der Waals surface area contributed by atoms with Gasteiger partial charge < -0.3 is 46.1 Å². The molecule has 6 rings (SSSR count). The van der Waals surface area contributed by atoms with Gasteiger partial charge in [0.25, 0.3) is 11.8 Å². The van der Waals surface area contributed by atoms with Crippen LogP contribution in [0.5, 0.6) is 11.5 Å². The first-order chi connectivity index (χ1) is 25.4. The molecule has 1 aromatic heterocycles. The van der Waals surface area contributed by atoms with Gasteiger partial charge in [0.05, 0.1) is 11.6 Å². The van der Waals surface area contributed by atoms with Gasteiger partial charge in [-0.3, -0.25) is 14.4 Å². The van der Waals surface area contributed by atoms with Gasteiger partial charge in [-0.15, -0.1) is 0 Å². The normalized spacial score (nSPS) is 16.9. The summed E-state index contributed by atoms with van der Waals surface area (Å²) in [4.78, 5) is 51.9. The number of pyridine rings is 1. The minimum absolute atomic E-state index is 0.0797. The number of aliphatic hydroxyl groups excluding tert-OH is 1. The van der Waals surface area contributed by atoms with Gasteiger partial charge >= 0.3 is 5.97 Å². The highest BCUT2D eigenvalue weighted by Crippen LogP contribution is 2.32. The molecule has 2 unspecified atom stereocenters. The largest absolute Gasteiger partial charge is 0.506 e. The molecule has 1 heterocycles. The first-order valence-electron chi connectivity index (χ1n) is 16.8. The highest BCUT2D eigenvalue weighted by atomic mass is 35.5. The average molecular weight is 741 g/mol. The summed E-state index contributed by atoms with van der Waals surface area (Å²) in [5.41, 5.74) is -0.550. The minimum atomic E-state index is -2.30. The second kappa shape index (κ2) is 15.9. The highest BCUT2D eigenvalue weighted by molar-refractivity contribution is 6.31. The lowest BCUT2D eigenvalue weighted by Gasteiger charge is -2.36. The van der Waals surface area contributed by atoms with Gasteiger partial charge in [-0.1, -0.05) is 66.2 Å². The number of carboxylic acids is 1. The Balaban J connectivity index is 0.938. The minimum Gasteiger partial charge on any atom is -0.506 e. The number of nitrogens with one attached hydrogen (secondary N) is 4. The number of aliphatic hydroxyl groups is 2. The van der Waals surface area contributed by atoms with Gasteiger partial charge in [0.15, 0.2) is 6.61 Å². The van der Waals surface area contributed by atoms with Gasteiger partial charge in [-0.25, -0.2) is 4.79 Å². The lowest BCUT2D eigenvalue weighted by atomic mass is 9.86. The summed E-state index contributed by atoms with van der Waals surface area (Å²) in [6.45, 7) is 0.131. The predicted octanol–water partition coefficient (Wildman–Crippen LogP) is 3.49. The van der Waals surface area contributed by atoms with Crippen molar-refractivity contribution in [2.75, 3.05) is 13.2 Å². The van der Waals surface area contributed by atoms with E-state index in [4.69, 9.17) is 16.3 Å². The number of hydrogen-bond acceptors (Lipinski definition) is 9. The number of H-pyrrole nitrogens is 1. The zero-order chi connectivity index (χ0) is 37.7. The van der Waals surface area contributed by atoms with Crippen LogP contribution in [0, 0.1) is 0 Å². The molecule has 1 aliphatic rings. The third-order valence-corrected chi connectivity index (χ3v) is 9.55. The molecular formula is C39H37ClN4O9. The molecule has 13 nitrogen and oxygen atoms in total. The molecule has 53 heavy (non-hydrogen) atoms. The Bertz CT molecular complexity index is 2210. The topological polar surface area (TPSA) is 210 Å². The van der Waals surface area contributed by atoms with E-state index in [1.54, 1.807) is 54.6 Å². The highest BCUT2D eigenvalue weighted by Gasteiger charge is 2.40. The zero-order valence-electron chi connectivity index (χ0n) is 28.2. The number of fused-ring (bicyclic) bond motifs is 1. The molecule has 5 aromatic rings. The molecule has 0 bridgehead atoms. The van der Waals surface area contributed by atoms with E-state index in [0.717, 1.165) is 0 Å². The lowest BCUT2D eigenvalue weighted by molar-refractivity contribution is -0.155. The number of carbonyl (C=O) groups is 3. The zero-order valence-corrected chi connectivity index (χ0v) is 29.0. The number of halogens is 1. The Hall–Kier alpha value is -5.73. The molecular weight excluding hydrogens is 704 g/mol. The Morgan fingerprint density at radius 1 is 0.906 bits per heavy atom. The van der Waals surface area contributed by atoms with E-state index in [0.29, 0.717) is 46.5 Å². The van der Waals surface area contributed by atoms with Crippen LogP contribution in [0.2, 0.25) is 5.02 Å². The van der Waals surface area contributed by atoms with Crippen molar-refractivity contribution in [2.45, 2.75) is 43.2 Å². The SMILES string of the molecule is O=C(COc1cccc(C(O)(C(=O)O)c2ccccc2)c1)NC1CC(NC(=O)c2ccc(CNCC(O)c3ccc(O)c4[nH]c(=O)ccc34)c(Cl)c2)C1. The van der Waals surface area contributed by atoms with Crippen molar-refractivity contribution in [3.8, 4) is 11.5 Å². The lowest BCUT2D eigenvalue weighted by Crippen LogP contribution is -2.54. The molecule has 4 aromatic carbocycles. The number of carbonyl (C=O) groups excluding carboxylic acids is 2. The van der Waals surface area contributed by atoms with Crippen molar-refractivity contribution in [3.05, 3.63) is 140 Å². The summed E-state index contributed by atoms with van der Waals surface area (Å²) in [7, 11) is 0. The second-order valence-electron chi connectivity index (χ2n) is 12.8. The van der Waals surface area contributed by atoms with Crippen molar-refractivity contribution < 1.29 is 39.5 Å². The standard InChI is InChI=1S/C39H37ClN4O9/c40-31-15-22(9-10-23(31)19-41-20-33(46)29-11-13-32(45)36-30(29)12-14-34(47)44-36)37(49)43-27-17-26(18-27)42-35(48)21-53-28-8-4-7-25(16-28)39(52,38(50)51)24-5-2-1-3-6-24/h1-16,26-27,33,41,45-46,52H,17-21H2,(H,42,48)(H,43,49)(H,44,47)(H,50,51). The summed E-state index contributed by atoms with van der Waals surface area (Å²) in [5.74, 6) is -2.03. The number of aromatic nitrogens is 1. The van der Waals surface area contributed by atoms with Gasteiger partial charge in [0, 0.05) is 52.8 Å². The molecule has 0 saturated heterocycles. The predicted molar refractivity (Wildman–Crippen MR) is 196 cm³/mol. The monoisotopic (exact) mass is 740 g/mol. The molecule has 0 radical (unpaired) electrons. The number of hydrogen-bond donors (Lipinski definition) is 8. The fraction of sp³-hybridized carbons (Fsp3) is 0.231. The number of aliphatic carboxylic acids is 1. The molecule has 1 saturated carbocycles. The van der Waals surface area contributed by atoms with Crippen LogP contribution in [0.1, 0.15) is 51.6 Å². The molecule has 14 heteroatoms. The maximum Gasteiger partial charge on any atom is 0.345 e. The van der Waals surface area contributed by atoms with E-state index in [-0.39, 0.29) is 64.8 Å². The maximum atomic E-state index is 12.9. The van der Waals surface area contributed by atoms with Crippen LogP contribution in [0.4, 0.5) is 0 Å². The van der Waals surface area contributed by atoms with Crippen LogP contribution in [-0.2, 0) is 21.7 Å². The summed E-state index contributed by atoms with van der Waals surface area (Å²) >= 11 is 6.49. The van der Waals surface area contributed by atoms with Gasteiger partial charge in [-0.05, 0) is 65.9 Å². The number of aromatic amines is 1. The van der Waals surface area contributed by atoms with E-state index in [1.807, 2.05) is 0 Å². The molecule has 274 valence electrons. The Morgan fingerprint density at radius 2 is 1.64 bits per heavy atom. The van der Waals surface area contributed by atoms with Crippen LogP contribution < -0.4 is 26.2 Å². The Labute approximate surface area is 308 Å². The van der Waals surface area contributed by atoms with Crippen molar-refractivity contribution in [1.29, 1.82) is 0 Å². The van der Waals surface area contributed by atoms with Crippen molar-refractivity contribution in [2.24, 2.45) is 0 Å². The second-order valence-corrected chi connectivity index (χ2v) is 13.2. The Morgan fingerprint density at radius 3 is 2.38 bits per heavy atom. The van der Waals surface area contributed by atoms with Crippen LogP contribution in [-0.4, -0.2) is 68.4 Å². The quantitative estimate of drug-likeness (QED) is 0.0831. The summed E-state index contributed by atoms with van der Waals surface area (Å²) in [6, 6.07) is 24.4. The van der Waals surface area contributed by atoms with Crippen molar-refractivity contribution >= 4 is 40.3 Å². The van der Waals surface area contributed by atoms with Crippen LogP contribution >= 0.6 is 11.6 Å². The van der Waals surface area contributed by atoms with E-state index in [9.17, 15) is 39.6 Å². The number of ether oxygens (including phenoxy) is 1. The molecule has 2 amide bonds. The first-order valence-corrected chi connectivity index (χ1v) is 17.2. The third-order valence-electron chi connectivity index (χ3n) is 9.20. The molecule has 0 spiro atoms. The molecule has 1 aliphatic carbocycles. The van der Waals surface area contributed by atoms with E-state index >= 15 is 0 Å².